The van der Waals surface area contributed by atoms with Crippen LogP contribution in [-0.4, -0.2) is 28.8 Å². The van der Waals surface area contributed by atoms with Crippen molar-refractivity contribution >= 4 is 22.6 Å². The lowest BCUT2D eigenvalue weighted by Gasteiger charge is -2.30. The Hall–Kier alpha value is -1.27. The standard InChI is InChI=1S/C14H15ClF3N3/c1-2-21-11-7-9(15)3-4-10(11)20-12(21)13(14(16,17)18)5-6-19-8-13/h3-4,7,19H,2,5-6,8H2,1H3. The first-order chi connectivity index (χ1) is 9.89. The number of hydrogen-bond donors (Lipinski definition) is 1. The summed E-state index contributed by atoms with van der Waals surface area (Å²) >= 11 is 5.97. The van der Waals surface area contributed by atoms with Crippen LogP contribution in [0.5, 0.6) is 0 Å². The molecule has 2 aromatic rings. The minimum Gasteiger partial charge on any atom is -0.327 e. The number of aryl methyl sites for hydroxylation is 1. The summed E-state index contributed by atoms with van der Waals surface area (Å²) in [4.78, 5) is 4.29. The molecule has 2 heterocycles. The van der Waals surface area contributed by atoms with E-state index in [0.717, 1.165) is 0 Å². The number of benzene rings is 1. The topological polar surface area (TPSA) is 29.9 Å². The number of fused-ring (bicyclic) bond motifs is 1. The molecule has 1 aromatic heterocycles. The van der Waals surface area contributed by atoms with Crippen molar-refractivity contribution in [3.05, 3.63) is 29.0 Å². The summed E-state index contributed by atoms with van der Waals surface area (Å²) in [5, 5.41) is 3.32. The van der Waals surface area contributed by atoms with Gasteiger partial charge in [-0.05, 0) is 38.1 Å². The van der Waals surface area contributed by atoms with Gasteiger partial charge in [-0.2, -0.15) is 13.2 Å². The molecule has 3 rings (SSSR count). The van der Waals surface area contributed by atoms with E-state index in [4.69, 9.17) is 11.6 Å². The highest BCUT2D eigenvalue weighted by Gasteiger charge is 2.59. The maximum Gasteiger partial charge on any atom is 0.402 e. The third-order valence-electron chi connectivity index (χ3n) is 4.15. The molecule has 1 fully saturated rings. The second-order valence-electron chi connectivity index (χ2n) is 5.32. The summed E-state index contributed by atoms with van der Waals surface area (Å²) in [7, 11) is 0. The number of rotatable bonds is 2. The summed E-state index contributed by atoms with van der Waals surface area (Å²) < 4.78 is 42.7. The molecule has 1 atom stereocenters. The molecular formula is C14H15ClF3N3. The second-order valence-corrected chi connectivity index (χ2v) is 5.76. The van der Waals surface area contributed by atoms with E-state index in [-0.39, 0.29) is 18.8 Å². The van der Waals surface area contributed by atoms with E-state index in [9.17, 15) is 13.2 Å². The summed E-state index contributed by atoms with van der Waals surface area (Å²) in [6.45, 7) is 2.45. The molecule has 1 aromatic carbocycles. The van der Waals surface area contributed by atoms with E-state index in [2.05, 4.69) is 10.3 Å². The first kappa shape index (κ1) is 14.7. The molecule has 1 saturated heterocycles. The van der Waals surface area contributed by atoms with Crippen LogP contribution in [0.4, 0.5) is 13.2 Å². The van der Waals surface area contributed by atoms with Crippen molar-refractivity contribution in [2.24, 2.45) is 0 Å². The number of nitrogens with one attached hydrogen (secondary N) is 1. The highest BCUT2D eigenvalue weighted by Crippen LogP contribution is 2.45. The SMILES string of the molecule is CCn1c(C2(C(F)(F)F)CCNC2)nc2ccc(Cl)cc21. The number of aromatic nitrogens is 2. The van der Waals surface area contributed by atoms with Gasteiger partial charge in [-0.1, -0.05) is 11.6 Å². The minimum atomic E-state index is -4.34. The number of alkyl halides is 3. The Labute approximate surface area is 125 Å². The molecule has 0 saturated carbocycles. The van der Waals surface area contributed by atoms with Gasteiger partial charge in [0.25, 0.3) is 0 Å². The van der Waals surface area contributed by atoms with Gasteiger partial charge in [0.1, 0.15) is 11.2 Å². The molecule has 1 aliphatic heterocycles. The van der Waals surface area contributed by atoms with E-state index in [1.165, 1.54) is 0 Å². The molecule has 0 amide bonds. The molecule has 1 N–H and O–H groups in total. The van der Waals surface area contributed by atoms with Gasteiger partial charge in [-0.3, -0.25) is 0 Å². The second kappa shape index (κ2) is 4.88. The van der Waals surface area contributed by atoms with Gasteiger partial charge >= 0.3 is 6.18 Å². The van der Waals surface area contributed by atoms with Gasteiger partial charge < -0.3 is 9.88 Å². The van der Waals surface area contributed by atoms with Crippen LogP contribution in [0.3, 0.4) is 0 Å². The van der Waals surface area contributed by atoms with Crippen molar-refractivity contribution in [3.63, 3.8) is 0 Å². The number of imidazole rings is 1. The normalized spacial score (nSPS) is 23.1. The highest BCUT2D eigenvalue weighted by atomic mass is 35.5. The van der Waals surface area contributed by atoms with Crippen molar-refractivity contribution < 1.29 is 13.2 Å². The highest BCUT2D eigenvalue weighted by molar-refractivity contribution is 6.31. The molecule has 1 unspecified atom stereocenters. The van der Waals surface area contributed by atoms with Crippen molar-refractivity contribution in [2.75, 3.05) is 13.1 Å². The quantitative estimate of drug-likeness (QED) is 0.918. The molecule has 7 heteroatoms. The van der Waals surface area contributed by atoms with Crippen LogP contribution < -0.4 is 5.32 Å². The van der Waals surface area contributed by atoms with Crippen LogP contribution in [0.15, 0.2) is 18.2 Å². The lowest BCUT2D eigenvalue weighted by Crippen LogP contribution is -2.46. The fourth-order valence-electron chi connectivity index (χ4n) is 3.03. The maximum absolute atomic E-state index is 13.7. The lowest BCUT2D eigenvalue weighted by molar-refractivity contribution is -0.187. The Morgan fingerprint density at radius 1 is 1.43 bits per heavy atom. The van der Waals surface area contributed by atoms with Gasteiger partial charge in [-0.15, -0.1) is 0 Å². The Bertz CT molecular complexity index is 672. The summed E-state index contributed by atoms with van der Waals surface area (Å²) in [5.74, 6) is 0.0831. The zero-order valence-electron chi connectivity index (χ0n) is 11.5. The molecular weight excluding hydrogens is 303 g/mol. The van der Waals surface area contributed by atoms with Crippen LogP contribution in [0.2, 0.25) is 5.02 Å². The smallest absolute Gasteiger partial charge is 0.327 e. The van der Waals surface area contributed by atoms with Gasteiger partial charge in [0.15, 0.2) is 0 Å². The summed E-state index contributed by atoms with van der Waals surface area (Å²) in [6.07, 6.45) is -4.33. The number of nitrogens with zero attached hydrogens (tertiary/aromatic N) is 2. The zero-order valence-corrected chi connectivity index (χ0v) is 12.2. The Balaban J connectivity index is 2.28. The van der Waals surface area contributed by atoms with Crippen LogP contribution in [0.1, 0.15) is 19.2 Å². The van der Waals surface area contributed by atoms with E-state index < -0.39 is 11.6 Å². The summed E-state index contributed by atoms with van der Waals surface area (Å²) in [5.41, 5.74) is -0.726. The van der Waals surface area contributed by atoms with E-state index in [1.807, 2.05) is 6.92 Å². The predicted octanol–water partition coefficient (Wildman–Crippen LogP) is 3.50. The monoisotopic (exact) mass is 317 g/mol. The van der Waals surface area contributed by atoms with Gasteiger partial charge in [0, 0.05) is 18.1 Å². The van der Waals surface area contributed by atoms with E-state index >= 15 is 0 Å². The number of halogens is 4. The molecule has 114 valence electrons. The van der Waals surface area contributed by atoms with Crippen LogP contribution >= 0.6 is 11.6 Å². The van der Waals surface area contributed by atoms with Crippen LogP contribution in [-0.2, 0) is 12.0 Å². The average molecular weight is 318 g/mol. The zero-order chi connectivity index (χ0) is 15.3. The van der Waals surface area contributed by atoms with Crippen LogP contribution in [0, 0.1) is 0 Å². The first-order valence-electron chi connectivity index (χ1n) is 6.83. The molecule has 0 bridgehead atoms. The Morgan fingerprint density at radius 3 is 2.76 bits per heavy atom. The maximum atomic E-state index is 13.7. The van der Waals surface area contributed by atoms with E-state index in [1.54, 1.807) is 22.8 Å². The van der Waals surface area contributed by atoms with Gasteiger partial charge in [0.2, 0.25) is 0 Å². The fourth-order valence-corrected chi connectivity index (χ4v) is 3.20. The first-order valence-corrected chi connectivity index (χ1v) is 7.20. The molecule has 21 heavy (non-hydrogen) atoms. The molecule has 1 aliphatic rings. The fraction of sp³-hybridized carbons (Fsp3) is 0.500. The van der Waals surface area contributed by atoms with Crippen molar-refractivity contribution in [1.82, 2.24) is 14.9 Å². The predicted molar refractivity (Wildman–Crippen MR) is 75.6 cm³/mol. The molecule has 0 radical (unpaired) electrons. The van der Waals surface area contributed by atoms with Crippen molar-refractivity contribution in [1.29, 1.82) is 0 Å². The molecule has 0 spiro atoms. The summed E-state index contributed by atoms with van der Waals surface area (Å²) in [6, 6.07) is 4.98. The van der Waals surface area contributed by atoms with Crippen molar-refractivity contribution in [2.45, 2.75) is 31.5 Å². The molecule has 0 aliphatic carbocycles. The van der Waals surface area contributed by atoms with E-state index in [0.29, 0.717) is 29.1 Å². The third kappa shape index (κ3) is 2.12. The number of hydrogen-bond acceptors (Lipinski definition) is 2. The van der Waals surface area contributed by atoms with Crippen LogP contribution in [0.25, 0.3) is 11.0 Å². The van der Waals surface area contributed by atoms with Gasteiger partial charge in [-0.25, -0.2) is 4.98 Å². The lowest BCUT2D eigenvalue weighted by atomic mass is 9.85. The van der Waals surface area contributed by atoms with Gasteiger partial charge in [0.05, 0.1) is 11.0 Å². The average Bonchev–Trinajstić information content (AvgIpc) is 3.01. The molecule has 3 nitrogen and oxygen atoms in total. The van der Waals surface area contributed by atoms with Crippen molar-refractivity contribution in [3.8, 4) is 0 Å². The largest absolute Gasteiger partial charge is 0.402 e. The minimum absolute atomic E-state index is 0.00749. The Morgan fingerprint density at radius 2 is 2.19 bits per heavy atom. The third-order valence-corrected chi connectivity index (χ3v) is 4.39. The Kier molecular flexibility index (Phi) is 3.41.